The zero-order chi connectivity index (χ0) is 13.7. The molecule has 1 aromatic rings. The molecule has 0 aromatic carbocycles. The highest BCUT2D eigenvalue weighted by molar-refractivity contribution is 6.30. The van der Waals surface area contributed by atoms with Gasteiger partial charge in [-0.05, 0) is 20.8 Å². The summed E-state index contributed by atoms with van der Waals surface area (Å²) in [5, 5.41) is 7.96. The van der Waals surface area contributed by atoms with Crippen molar-refractivity contribution < 1.29 is 4.79 Å². The van der Waals surface area contributed by atoms with Crippen LogP contribution < -0.4 is 5.32 Å². The zero-order valence-electron chi connectivity index (χ0n) is 11.5. The van der Waals surface area contributed by atoms with E-state index in [0.717, 1.165) is 24.3 Å². The first-order valence-corrected chi connectivity index (χ1v) is 6.55. The zero-order valence-corrected chi connectivity index (χ0v) is 12.2. The highest BCUT2D eigenvalue weighted by Gasteiger charge is 2.12. The van der Waals surface area contributed by atoms with Crippen molar-refractivity contribution in [1.82, 2.24) is 20.0 Å². The van der Waals surface area contributed by atoms with E-state index >= 15 is 0 Å². The molecule has 1 amide bonds. The molecule has 1 N–H and O–H groups in total. The van der Waals surface area contributed by atoms with Crippen LogP contribution in [0.1, 0.15) is 25.1 Å². The van der Waals surface area contributed by atoms with Gasteiger partial charge in [0, 0.05) is 32.2 Å². The number of nitrogens with zero attached hydrogens (tertiary/aromatic N) is 3. The SMILES string of the molecule is CCN(CC)C(=O)CNCc1c(C)nn(C)c1Cl. The molecule has 0 radical (unpaired) electrons. The largest absolute Gasteiger partial charge is 0.342 e. The lowest BCUT2D eigenvalue weighted by atomic mass is 10.2. The Morgan fingerprint density at radius 3 is 2.50 bits per heavy atom. The van der Waals surface area contributed by atoms with E-state index in [9.17, 15) is 4.79 Å². The lowest BCUT2D eigenvalue weighted by Crippen LogP contribution is -2.37. The minimum absolute atomic E-state index is 0.109. The number of likely N-dealkylation sites (N-methyl/N-ethyl adjacent to an activating group) is 1. The number of carbonyl (C=O) groups excluding carboxylic acids is 1. The summed E-state index contributed by atoms with van der Waals surface area (Å²) in [7, 11) is 1.81. The van der Waals surface area contributed by atoms with Crippen molar-refractivity contribution in [1.29, 1.82) is 0 Å². The predicted octanol–water partition coefficient (Wildman–Crippen LogP) is 1.34. The van der Waals surface area contributed by atoms with E-state index in [0.29, 0.717) is 18.2 Å². The number of halogens is 1. The number of hydrogen-bond acceptors (Lipinski definition) is 3. The summed E-state index contributed by atoms with van der Waals surface area (Å²) in [5.41, 5.74) is 1.84. The second-order valence-electron chi connectivity index (χ2n) is 4.15. The summed E-state index contributed by atoms with van der Waals surface area (Å²) in [6.45, 7) is 8.23. The van der Waals surface area contributed by atoms with E-state index in [1.54, 1.807) is 16.6 Å². The van der Waals surface area contributed by atoms with Crippen molar-refractivity contribution >= 4 is 17.5 Å². The van der Waals surface area contributed by atoms with Crippen LogP contribution in [0.4, 0.5) is 0 Å². The molecule has 0 bridgehead atoms. The first-order valence-electron chi connectivity index (χ1n) is 6.17. The normalized spacial score (nSPS) is 10.7. The Bertz CT molecular complexity index is 412. The van der Waals surface area contributed by atoms with Gasteiger partial charge in [0.15, 0.2) is 0 Å². The molecular weight excluding hydrogens is 252 g/mol. The van der Waals surface area contributed by atoms with Crippen LogP contribution >= 0.6 is 11.6 Å². The lowest BCUT2D eigenvalue weighted by molar-refractivity contribution is -0.129. The van der Waals surface area contributed by atoms with Gasteiger partial charge in [-0.25, -0.2) is 0 Å². The second-order valence-corrected chi connectivity index (χ2v) is 4.51. The molecule has 102 valence electrons. The maximum atomic E-state index is 11.8. The molecule has 1 rings (SSSR count). The molecule has 1 aromatic heterocycles. The summed E-state index contributed by atoms with van der Waals surface area (Å²) in [4.78, 5) is 13.6. The molecule has 0 saturated heterocycles. The fraction of sp³-hybridized carbons (Fsp3) is 0.667. The molecule has 18 heavy (non-hydrogen) atoms. The minimum Gasteiger partial charge on any atom is -0.342 e. The van der Waals surface area contributed by atoms with Crippen LogP contribution in [0.25, 0.3) is 0 Å². The summed E-state index contributed by atoms with van der Waals surface area (Å²) in [5.74, 6) is 0.109. The molecule has 0 aliphatic heterocycles. The Labute approximate surface area is 113 Å². The van der Waals surface area contributed by atoms with E-state index < -0.39 is 0 Å². The van der Waals surface area contributed by atoms with E-state index in [1.807, 2.05) is 20.8 Å². The topological polar surface area (TPSA) is 50.2 Å². The van der Waals surface area contributed by atoms with Gasteiger partial charge in [0.1, 0.15) is 5.15 Å². The number of aryl methyl sites for hydroxylation is 2. The standard InChI is InChI=1S/C12H21ClN4O/c1-5-17(6-2)11(18)8-14-7-10-9(3)15-16(4)12(10)13/h14H,5-8H2,1-4H3. The first-order chi connectivity index (χ1) is 8.51. The van der Waals surface area contributed by atoms with E-state index in [-0.39, 0.29) is 5.91 Å². The molecule has 0 saturated carbocycles. The minimum atomic E-state index is 0.109. The van der Waals surface area contributed by atoms with Gasteiger partial charge < -0.3 is 10.2 Å². The molecule has 0 fully saturated rings. The predicted molar refractivity (Wildman–Crippen MR) is 72.6 cm³/mol. The number of rotatable bonds is 6. The third-order valence-electron chi connectivity index (χ3n) is 2.96. The molecule has 0 aliphatic carbocycles. The van der Waals surface area contributed by atoms with Crippen molar-refractivity contribution in [3.05, 3.63) is 16.4 Å². The average Bonchev–Trinajstić information content (AvgIpc) is 2.57. The van der Waals surface area contributed by atoms with E-state index in [1.165, 1.54) is 0 Å². The number of nitrogens with one attached hydrogen (secondary N) is 1. The van der Waals surface area contributed by atoms with Crippen LogP contribution in [0.15, 0.2) is 0 Å². The Kier molecular flexibility index (Phi) is 5.62. The molecule has 1 heterocycles. The summed E-state index contributed by atoms with van der Waals surface area (Å²) >= 11 is 6.11. The van der Waals surface area contributed by atoms with Gasteiger partial charge in [-0.1, -0.05) is 11.6 Å². The number of hydrogen-bond donors (Lipinski definition) is 1. The summed E-state index contributed by atoms with van der Waals surface area (Å²) in [6, 6.07) is 0. The lowest BCUT2D eigenvalue weighted by Gasteiger charge is -2.18. The Morgan fingerprint density at radius 1 is 1.44 bits per heavy atom. The third kappa shape index (κ3) is 3.46. The summed E-state index contributed by atoms with van der Waals surface area (Å²) < 4.78 is 1.64. The van der Waals surface area contributed by atoms with Crippen molar-refractivity contribution in [2.75, 3.05) is 19.6 Å². The first kappa shape index (κ1) is 15.0. The van der Waals surface area contributed by atoms with Gasteiger partial charge in [0.25, 0.3) is 0 Å². The van der Waals surface area contributed by atoms with E-state index in [4.69, 9.17) is 11.6 Å². The summed E-state index contributed by atoms with van der Waals surface area (Å²) in [6.07, 6.45) is 0. The molecule has 0 aliphatic rings. The quantitative estimate of drug-likeness (QED) is 0.850. The van der Waals surface area contributed by atoms with Crippen LogP contribution in [-0.4, -0.2) is 40.2 Å². The van der Waals surface area contributed by atoms with Crippen molar-refractivity contribution in [2.45, 2.75) is 27.3 Å². The van der Waals surface area contributed by atoms with Gasteiger partial charge in [-0.3, -0.25) is 9.48 Å². The van der Waals surface area contributed by atoms with Gasteiger partial charge in [0.05, 0.1) is 12.2 Å². The van der Waals surface area contributed by atoms with Gasteiger partial charge in [-0.2, -0.15) is 5.10 Å². The number of amides is 1. The van der Waals surface area contributed by atoms with Crippen LogP contribution in [0, 0.1) is 6.92 Å². The van der Waals surface area contributed by atoms with Crippen molar-refractivity contribution in [2.24, 2.45) is 7.05 Å². The maximum Gasteiger partial charge on any atom is 0.236 e. The molecule has 5 nitrogen and oxygen atoms in total. The smallest absolute Gasteiger partial charge is 0.236 e. The average molecular weight is 273 g/mol. The Balaban J connectivity index is 2.49. The highest BCUT2D eigenvalue weighted by atomic mass is 35.5. The van der Waals surface area contributed by atoms with Crippen molar-refractivity contribution in [3.63, 3.8) is 0 Å². The van der Waals surface area contributed by atoms with E-state index in [2.05, 4.69) is 10.4 Å². The maximum absolute atomic E-state index is 11.8. The van der Waals surface area contributed by atoms with Crippen LogP contribution in [0.5, 0.6) is 0 Å². The van der Waals surface area contributed by atoms with Crippen LogP contribution in [0.3, 0.4) is 0 Å². The Hall–Kier alpha value is -1.07. The fourth-order valence-electron chi connectivity index (χ4n) is 1.86. The monoisotopic (exact) mass is 272 g/mol. The molecule has 0 atom stereocenters. The Morgan fingerprint density at radius 2 is 2.06 bits per heavy atom. The molecule has 6 heteroatoms. The van der Waals surface area contributed by atoms with Crippen LogP contribution in [-0.2, 0) is 18.4 Å². The fourth-order valence-corrected chi connectivity index (χ4v) is 2.10. The van der Waals surface area contributed by atoms with Gasteiger partial charge >= 0.3 is 0 Å². The number of aromatic nitrogens is 2. The highest BCUT2D eigenvalue weighted by Crippen LogP contribution is 2.17. The third-order valence-corrected chi connectivity index (χ3v) is 3.44. The molecule has 0 spiro atoms. The van der Waals surface area contributed by atoms with Gasteiger partial charge in [0.2, 0.25) is 5.91 Å². The molecule has 0 unspecified atom stereocenters. The van der Waals surface area contributed by atoms with Crippen LogP contribution in [0.2, 0.25) is 5.15 Å². The second kappa shape index (κ2) is 6.75. The van der Waals surface area contributed by atoms with Gasteiger partial charge in [-0.15, -0.1) is 0 Å². The van der Waals surface area contributed by atoms with Crippen molar-refractivity contribution in [3.8, 4) is 0 Å². The molecular formula is C12H21ClN4O. The number of carbonyl (C=O) groups is 1.